The number of aryl methyl sites for hydroxylation is 1. The van der Waals surface area contributed by atoms with Crippen molar-refractivity contribution in [2.75, 3.05) is 5.32 Å². The lowest BCUT2D eigenvalue weighted by Crippen LogP contribution is -2.11. The Morgan fingerprint density at radius 3 is 2.58 bits per heavy atom. The zero-order chi connectivity index (χ0) is 14.0. The van der Waals surface area contributed by atoms with Crippen molar-refractivity contribution in [1.82, 2.24) is 0 Å². The molecule has 2 nitrogen and oxygen atoms in total. The molecule has 2 rings (SSSR count). The Labute approximate surface area is 130 Å². The van der Waals surface area contributed by atoms with E-state index in [1.807, 2.05) is 25.1 Å². The summed E-state index contributed by atoms with van der Waals surface area (Å²) in [4.78, 5) is 0.389. The molecule has 5 heteroatoms. The minimum atomic E-state index is -0.241. The molecule has 0 saturated heterocycles. The third-order valence-corrected chi connectivity index (χ3v) is 3.81. The molecule has 0 unspecified atom stereocenters. The van der Waals surface area contributed by atoms with E-state index in [0.717, 1.165) is 26.1 Å². The molecule has 3 N–H and O–H groups in total. The number of nitrogens with one attached hydrogen (secondary N) is 1. The van der Waals surface area contributed by atoms with Crippen LogP contribution in [0.5, 0.6) is 0 Å². The van der Waals surface area contributed by atoms with Crippen LogP contribution in [0.15, 0.2) is 36.4 Å². The summed E-state index contributed by atoms with van der Waals surface area (Å²) in [6.07, 6.45) is 0. The van der Waals surface area contributed by atoms with E-state index in [1.54, 1.807) is 6.07 Å². The molecule has 0 fully saturated rings. The van der Waals surface area contributed by atoms with Gasteiger partial charge in [0.05, 0.1) is 5.69 Å². The monoisotopic (exact) mass is 386 g/mol. The summed E-state index contributed by atoms with van der Waals surface area (Å²) in [5.41, 5.74) is 9.29. The fraction of sp³-hybridized carbons (Fsp3) is 0.0714. The van der Waals surface area contributed by atoms with Crippen LogP contribution in [0, 0.1) is 16.3 Å². The lowest BCUT2D eigenvalue weighted by molar-refractivity contribution is 0.627. The summed E-state index contributed by atoms with van der Waals surface area (Å²) in [5, 5.41) is 3.25. The highest BCUT2D eigenvalue weighted by molar-refractivity contribution is 14.1. The largest absolute Gasteiger partial charge is 0.389 e. The Bertz CT molecular complexity index is 643. The van der Waals surface area contributed by atoms with Crippen molar-refractivity contribution in [1.29, 1.82) is 0 Å². The summed E-state index contributed by atoms with van der Waals surface area (Å²) in [6, 6.07) is 10.4. The first-order valence-corrected chi connectivity index (χ1v) is 7.08. The highest BCUT2D eigenvalue weighted by Gasteiger charge is 2.05. The standard InChI is InChI=1S/C14H12FIN2S/c1-8-6-10(3-4-11(8)14(17)19)18-13-5-2-9(15)7-12(13)16/h2-7,18H,1H3,(H2,17,19). The van der Waals surface area contributed by atoms with Gasteiger partial charge in [-0.05, 0) is 71.5 Å². The van der Waals surface area contributed by atoms with Crippen LogP contribution in [0.25, 0.3) is 0 Å². The maximum atomic E-state index is 13.0. The second kappa shape index (κ2) is 5.83. The minimum absolute atomic E-state index is 0.241. The lowest BCUT2D eigenvalue weighted by Gasteiger charge is -2.11. The SMILES string of the molecule is Cc1cc(Nc2ccc(F)cc2I)ccc1C(N)=S. The van der Waals surface area contributed by atoms with Crippen molar-refractivity contribution in [2.45, 2.75) is 6.92 Å². The number of thiocarbonyl (C=S) groups is 1. The molecular formula is C14H12FIN2S. The Kier molecular flexibility index (Phi) is 4.36. The van der Waals surface area contributed by atoms with Crippen molar-refractivity contribution in [3.63, 3.8) is 0 Å². The number of rotatable bonds is 3. The van der Waals surface area contributed by atoms with E-state index >= 15 is 0 Å². The van der Waals surface area contributed by atoms with Crippen LogP contribution in [0.3, 0.4) is 0 Å². The highest BCUT2D eigenvalue weighted by Crippen LogP contribution is 2.24. The van der Waals surface area contributed by atoms with E-state index < -0.39 is 0 Å². The Balaban J connectivity index is 2.29. The molecule has 0 aliphatic heterocycles. The number of nitrogens with two attached hydrogens (primary N) is 1. The van der Waals surface area contributed by atoms with Crippen molar-refractivity contribution in [2.24, 2.45) is 5.73 Å². The molecule has 0 heterocycles. The van der Waals surface area contributed by atoms with Gasteiger partial charge in [0.2, 0.25) is 0 Å². The van der Waals surface area contributed by atoms with Gasteiger partial charge in [-0.25, -0.2) is 4.39 Å². The van der Waals surface area contributed by atoms with Gasteiger partial charge in [-0.2, -0.15) is 0 Å². The van der Waals surface area contributed by atoms with Crippen LogP contribution in [0.1, 0.15) is 11.1 Å². The van der Waals surface area contributed by atoms with Crippen LogP contribution in [0.4, 0.5) is 15.8 Å². The molecule has 0 aromatic heterocycles. The van der Waals surface area contributed by atoms with Gasteiger partial charge in [0.1, 0.15) is 10.8 Å². The number of halogens is 2. The van der Waals surface area contributed by atoms with Gasteiger partial charge >= 0.3 is 0 Å². The zero-order valence-electron chi connectivity index (χ0n) is 10.2. The van der Waals surface area contributed by atoms with Crippen LogP contribution < -0.4 is 11.1 Å². The van der Waals surface area contributed by atoms with Crippen LogP contribution in [-0.2, 0) is 0 Å². The Morgan fingerprint density at radius 1 is 1.26 bits per heavy atom. The van der Waals surface area contributed by atoms with Crippen molar-refractivity contribution < 1.29 is 4.39 Å². The van der Waals surface area contributed by atoms with Crippen molar-refractivity contribution in [3.8, 4) is 0 Å². The Morgan fingerprint density at radius 2 is 2.00 bits per heavy atom. The van der Waals surface area contributed by atoms with Gasteiger partial charge < -0.3 is 11.1 Å². The molecule has 0 radical (unpaired) electrons. The quantitative estimate of drug-likeness (QED) is 0.616. The molecule has 2 aromatic carbocycles. The van der Waals surface area contributed by atoms with Gasteiger partial charge in [-0.3, -0.25) is 0 Å². The predicted molar refractivity (Wildman–Crippen MR) is 89.5 cm³/mol. The maximum absolute atomic E-state index is 13.0. The van der Waals surface area contributed by atoms with E-state index in [2.05, 4.69) is 27.9 Å². The first-order valence-electron chi connectivity index (χ1n) is 5.60. The average Bonchev–Trinajstić information content (AvgIpc) is 2.32. The number of hydrogen-bond donors (Lipinski definition) is 2. The molecule has 0 aliphatic rings. The second-order valence-corrected chi connectivity index (χ2v) is 5.75. The van der Waals surface area contributed by atoms with E-state index in [1.165, 1.54) is 12.1 Å². The third kappa shape index (κ3) is 3.42. The van der Waals surface area contributed by atoms with Gasteiger partial charge in [-0.15, -0.1) is 0 Å². The number of hydrogen-bond acceptors (Lipinski definition) is 2. The Hall–Kier alpha value is -1.21. The number of benzene rings is 2. The van der Waals surface area contributed by atoms with Gasteiger partial charge in [0.25, 0.3) is 0 Å². The zero-order valence-corrected chi connectivity index (χ0v) is 13.2. The summed E-state index contributed by atoms with van der Waals surface area (Å²) in [5.74, 6) is -0.241. The molecule has 0 atom stereocenters. The van der Waals surface area contributed by atoms with Crippen LogP contribution in [0.2, 0.25) is 0 Å². The average molecular weight is 386 g/mol. The lowest BCUT2D eigenvalue weighted by atomic mass is 10.1. The van der Waals surface area contributed by atoms with Crippen molar-refractivity contribution in [3.05, 3.63) is 56.9 Å². The summed E-state index contributed by atoms with van der Waals surface area (Å²) >= 11 is 7.07. The minimum Gasteiger partial charge on any atom is -0.389 e. The van der Waals surface area contributed by atoms with Crippen molar-refractivity contribution >= 4 is 51.2 Å². The molecule has 0 bridgehead atoms. The second-order valence-electron chi connectivity index (χ2n) is 4.14. The smallest absolute Gasteiger partial charge is 0.124 e. The fourth-order valence-corrected chi connectivity index (χ4v) is 2.61. The summed E-state index contributed by atoms with van der Waals surface area (Å²) < 4.78 is 13.9. The highest BCUT2D eigenvalue weighted by atomic mass is 127. The van der Waals surface area contributed by atoms with Crippen LogP contribution in [-0.4, -0.2) is 4.99 Å². The molecule has 0 saturated carbocycles. The molecule has 98 valence electrons. The summed E-state index contributed by atoms with van der Waals surface area (Å²) in [6.45, 7) is 1.95. The normalized spacial score (nSPS) is 10.3. The predicted octanol–water partition coefficient (Wildman–Crippen LogP) is 4.12. The fourth-order valence-electron chi connectivity index (χ4n) is 1.76. The number of anilines is 2. The van der Waals surface area contributed by atoms with Crippen LogP contribution >= 0.6 is 34.8 Å². The maximum Gasteiger partial charge on any atom is 0.124 e. The van der Waals surface area contributed by atoms with Gasteiger partial charge in [0.15, 0.2) is 0 Å². The van der Waals surface area contributed by atoms with E-state index in [0.29, 0.717) is 4.99 Å². The van der Waals surface area contributed by atoms with E-state index in [9.17, 15) is 4.39 Å². The van der Waals surface area contributed by atoms with E-state index in [4.69, 9.17) is 18.0 Å². The first kappa shape index (κ1) is 14.2. The topological polar surface area (TPSA) is 38.0 Å². The van der Waals surface area contributed by atoms with Gasteiger partial charge in [0, 0.05) is 14.8 Å². The van der Waals surface area contributed by atoms with E-state index in [-0.39, 0.29) is 5.82 Å². The molecule has 19 heavy (non-hydrogen) atoms. The summed E-state index contributed by atoms with van der Waals surface area (Å²) in [7, 11) is 0. The molecule has 0 spiro atoms. The first-order chi connectivity index (χ1) is 8.97. The molecule has 2 aromatic rings. The molecular weight excluding hydrogens is 374 g/mol. The third-order valence-electron chi connectivity index (χ3n) is 2.70. The van der Waals surface area contributed by atoms with Gasteiger partial charge in [-0.1, -0.05) is 12.2 Å². The molecule has 0 amide bonds. The molecule has 0 aliphatic carbocycles.